The number of aromatic nitrogens is 2. The average Bonchev–Trinajstić information content (AvgIpc) is 2.83. The number of rotatable bonds is 6. The fourth-order valence-corrected chi connectivity index (χ4v) is 2.99. The lowest BCUT2D eigenvalue weighted by atomic mass is 10.2. The van der Waals surface area contributed by atoms with Crippen LogP contribution >= 0.6 is 22.9 Å². The third-order valence-electron chi connectivity index (χ3n) is 2.75. The zero-order valence-corrected chi connectivity index (χ0v) is 13.1. The summed E-state index contributed by atoms with van der Waals surface area (Å²) in [4.78, 5) is 0. The number of nitrogens with one attached hydrogen (secondary N) is 1. The highest BCUT2D eigenvalue weighted by Gasteiger charge is 2.10. The van der Waals surface area contributed by atoms with Gasteiger partial charge in [-0.1, -0.05) is 36.8 Å². The maximum absolute atomic E-state index is 13.0. The summed E-state index contributed by atoms with van der Waals surface area (Å²) in [5.41, 5.74) is 0.733. The van der Waals surface area contributed by atoms with Crippen molar-refractivity contribution in [2.75, 3.05) is 6.54 Å². The van der Waals surface area contributed by atoms with E-state index in [1.165, 1.54) is 23.5 Å². The van der Waals surface area contributed by atoms with Crippen LogP contribution in [0.3, 0.4) is 0 Å². The second-order valence-corrected chi connectivity index (χ2v) is 6.31. The first kappa shape index (κ1) is 15.4. The lowest BCUT2D eigenvalue weighted by molar-refractivity contribution is 0.569. The van der Waals surface area contributed by atoms with Gasteiger partial charge in [0.1, 0.15) is 15.8 Å². The van der Waals surface area contributed by atoms with Crippen molar-refractivity contribution in [2.24, 2.45) is 0 Å². The van der Waals surface area contributed by atoms with Crippen molar-refractivity contribution in [3.63, 3.8) is 0 Å². The van der Waals surface area contributed by atoms with E-state index < -0.39 is 0 Å². The fourth-order valence-electron chi connectivity index (χ4n) is 1.76. The summed E-state index contributed by atoms with van der Waals surface area (Å²) in [5, 5.41) is 13.7. The summed E-state index contributed by atoms with van der Waals surface area (Å²) >= 11 is 7.53. The quantitative estimate of drug-likeness (QED) is 0.821. The smallest absolute Gasteiger partial charge is 0.149 e. The Hall–Kier alpha value is -1.04. The molecular formula is C14H17ClFN3S. The fraction of sp³-hybridized carbons (Fsp3) is 0.429. The van der Waals surface area contributed by atoms with Crippen LogP contribution in [0.25, 0.3) is 10.6 Å². The number of nitrogens with zero attached hydrogens (tertiary/aromatic N) is 2. The van der Waals surface area contributed by atoms with Crippen molar-refractivity contribution in [1.29, 1.82) is 0 Å². The predicted octanol–water partition coefficient (Wildman–Crippen LogP) is 3.93. The van der Waals surface area contributed by atoms with Gasteiger partial charge in [-0.05, 0) is 31.2 Å². The van der Waals surface area contributed by atoms with E-state index in [1.807, 2.05) is 0 Å². The highest BCUT2D eigenvalue weighted by Crippen LogP contribution is 2.30. The number of hydrogen-bond donors (Lipinski definition) is 1. The van der Waals surface area contributed by atoms with E-state index in [0.29, 0.717) is 11.1 Å². The predicted molar refractivity (Wildman–Crippen MR) is 81.8 cm³/mol. The Morgan fingerprint density at radius 3 is 2.85 bits per heavy atom. The molecule has 1 heterocycles. The minimum Gasteiger partial charge on any atom is -0.315 e. The molecule has 3 nitrogen and oxygen atoms in total. The van der Waals surface area contributed by atoms with Crippen molar-refractivity contribution in [3.8, 4) is 10.6 Å². The molecule has 0 bridgehead atoms. The molecule has 0 spiro atoms. The largest absolute Gasteiger partial charge is 0.315 e. The van der Waals surface area contributed by atoms with Gasteiger partial charge in [-0.25, -0.2) is 4.39 Å². The topological polar surface area (TPSA) is 37.8 Å². The van der Waals surface area contributed by atoms with Gasteiger partial charge in [0, 0.05) is 18.0 Å². The Bertz CT molecular complexity index is 571. The van der Waals surface area contributed by atoms with E-state index in [1.54, 1.807) is 6.07 Å². The second kappa shape index (κ2) is 7.11. The molecule has 0 aliphatic heterocycles. The highest BCUT2D eigenvalue weighted by atomic mass is 35.5. The molecule has 6 heteroatoms. The molecule has 0 amide bonds. The summed E-state index contributed by atoms with van der Waals surface area (Å²) in [6.07, 6.45) is 1.90. The van der Waals surface area contributed by atoms with E-state index in [4.69, 9.17) is 11.6 Å². The molecule has 2 aromatic rings. The Morgan fingerprint density at radius 1 is 1.35 bits per heavy atom. The zero-order chi connectivity index (χ0) is 14.5. The van der Waals surface area contributed by atoms with Gasteiger partial charge in [0.05, 0.1) is 5.02 Å². The molecule has 0 radical (unpaired) electrons. The Balaban J connectivity index is 1.98. The summed E-state index contributed by atoms with van der Waals surface area (Å²) < 4.78 is 13.0. The number of halogens is 2. The molecular weight excluding hydrogens is 297 g/mol. The van der Waals surface area contributed by atoms with E-state index >= 15 is 0 Å². The third kappa shape index (κ3) is 4.23. The summed E-state index contributed by atoms with van der Waals surface area (Å²) in [6.45, 7) is 5.21. The van der Waals surface area contributed by atoms with Gasteiger partial charge in [0.15, 0.2) is 0 Å². The third-order valence-corrected chi connectivity index (χ3v) is 4.08. The second-order valence-electron chi connectivity index (χ2n) is 4.84. The molecule has 1 N–H and O–H groups in total. The monoisotopic (exact) mass is 313 g/mol. The van der Waals surface area contributed by atoms with Gasteiger partial charge in [0.25, 0.3) is 0 Å². The molecule has 108 valence electrons. The molecule has 0 atom stereocenters. The van der Waals surface area contributed by atoms with Gasteiger partial charge in [-0.3, -0.25) is 0 Å². The molecule has 2 rings (SSSR count). The van der Waals surface area contributed by atoms with Crippen LogP contribution in [-0.2, 0) is 6.42 Å². The molecule has 0 unspecified atom stereocenters. The molecule has 20 heavy (non-hydrogen) atoms. The Kier molecular flexibility index (Phi) is 5.46. The Labute approximate surface area is 127 Å². The lowest BCUT2D eigenvalue weighted by Gasteiger charge is -2.05. The van der Waals surface area contributed by atoms with Crippen LogP contribution < -0.4 is 5.32 Å². The standard InChI is InChI=1S/C14H17ClFN3S/c1-9(2)17-7-3-4-13-18-19-14(20-13)11-6-5-10(16)8-12(11)15/h5-6,8-9,17H,3-4,7H2,1-2H3. The van der Waals surface area contributed by atoms with Gasteiger partial charge in [-0.15, -0.1) is 10.2 Å². The number of aryl methyl sites for hydroxylation is 1. The van der Waals surface area contributed by atoms with Crippen molar-refractivity contribution in [2.45, 2.75) is 32.7 Å². The van der Waals surface area contributed by atoms with Crippen molar-refractivity contribution in [1.82, 2.24) is 15.5 Å². The minimum absolute atomic E-state index is 0.344. The normalized spacial score (nSPS) is 11.2. The van der Waals surface area contributed by atoms with Crippen LogP contribution in [0.5, 0.6) is 0 Å². The van der Waals surface area contributed by atoms with Crippen molar-refractivity contribution in [3.05, 3.63) is 34.0 Å². The minimum atomic E-state index is -0.344. The van der Waals surface area contributed by atoms with Crippen LogP contribution in [0.1, 0.15) is 25.3 Å². The average molecular weight is 314 g/mol. The number of benzene rings is 1. The van der Waals surface area contributed by atoms with Crippen molar-refractivity contribution < 1.29 is 4.39 Å². The van der Waals surface area contributed by atoms with E-state index in [0.717, 1.165) is 35.0 Å². The van der Waals surface area contributed by atoms with Gasteiger partial charge >= 0.3 is 0 Å². The maximum atomic E-state index is 13.0. The molecule has 1 aromatic carbocycles. The van der Waals surface area contributed by atoms with Crippen molar-refractivity contribution >= 4 is 22.9 Å². The molecule has 0 aliphatic rings. The van der Waals surface area contributed by atoms with E-state index in [9.17, 15) is 4.39 Å². The first-order valence-corrected chi connectivity index (χ1v) is 7.77. The zero-order valence-electron chi connectivity index (χ0n) is 11.5. The molecule has 1 aromatic heterocycles. The van der Waals surface area contributed by atoms with Crippen LogP contribution in [0.4, 0.5) is 4.39 Å². The molecule has 0 aliphatic carbocycles. The van der Waals surface area contributed by atoms with Crippen LogP contribution in [0.2, 0.25) is 5.02 Å². The summed E-state index contributed by atoms with van der Waals surface area (Å²) in [5.74, 6) is -0.344. The molecule has 0 fully saturated rings. The highest BCUT2D eigenvalue weighted by molar-refractivity contribution is 7.14. The first-order valence-electron chi connectivity index (χ1n) is 6.57. The number of hydrogen-bond acceptors (Lipinski definition) is 4. The van der Waals surface area contributed by atoms with Gasteiger partial charge in [-0.2, -0.15) is 0 Å². The maximum Gasteiger partial charge on any atom is 0.149 e. The lowest BCUT2D eigenvalue weighted by Crippen LogP contribution is -2.23. The first-order chi connectivity index (χ1) is 9.56. The molecule has 0 saturated carbocycles. The van der Waals surface area contributed by atoms with E-state index in [-0.39, 0.29) is 5.82 Å². The van der Waals surface area contributed by atoms with Crippen LogP contribution in [0.15, 0.2) is 18.2 Å². The SMILES string of the molecule is CC(C)NCCCc1nnc(-c2ccc(F)cc2Cl)s1. The Morgan fingerprint density at radius 2 is 2.15 bits per heavy atom. The van der Waals surface area contributed by atoms with Crippen LogP contribution in [-0.4, -0.2) is 22.8 Å². The summed E-state index contributed by atoms with van der Waals surface area (Å²) in [7, 11) is 0. The van der Waals surface area contributed by atoms with Crippen LogP contribution in [0, 0.1) is 5.82 Å². The molecule has 0 saturated heterocycles. The summed E-state index contributed by atoms with van der Waals surface area (Å²) in [6, 6.07) is 4.82. The van der Waals surface area contributed by atoms with Gasteiger partial charge < -0.3 is 5.32 Å². The van der Waals surface area contributed by atoms with E-state index in [2.05, 4.69) is 29.4 Å². The van der Waals surface area contributed by atoms with Gasteiger partial charge in [0.2, 0.25) is 0 Å².